The van der Waals surface area contributed by atoms with Gasteiger partial charge in [0.1, 0.15) is 5.82 Å². The maximum absolute atomic E-state index is 13.4. The largest absolute Gasteiger partial charge is 0.416 e. The smallest absolute Gasteiger partial charge is 0.365 e. The molecule has 2 atom stereocenters. The van der Waals surface area contributed by atoms with E-state index in [1.807, 2.05) is 0 Å². The standard InChI is InChI=1S/C26H29F4N3O/c27-20-8-5-17(6-9-20)15-31-25(34)22-14-18-13-19(26(28,29)30)7-10-23(18)33-12-11-32(16-24(22)33)21-3-1-2-4-21/h5-10,13,21-22,24H,1-4,11-12,14-16H2,(H,31,34)/t22-,24-/m0/s1. The zero-order valence-electron chi connectivity index (χ0n) is 19.0. The van der Waals surface area contributed by atoms with Crippen LogP contribution in [0.3, 0.4) is 0 Å². The van der Waals surface area contributed by atoms with Gasteiger partial charge in [-0.15, -0.1) is 0 Å². The van der Waals surface area contributed by atoms with Crippen molar-refractivity contribution in [2.45, 2.75) is 56.9 Å². The van der Waals surface area contributed by atoms with Crippen molar-refractivity contribution in [1.29, 1.82) is 0 Å². The van der Waals surface area contributed by atoms with Crippen LogP contribution in [-0.4, -0.2) is 42.5 Å². The normalized spacial score (nSPS) is 23.5. The molecule has 1 saturated carbocycles. The molecular weight excluding hydrogens is 446 g/mol. The van der Waals surface area contributed by atoms with Crippen LogP contribution in [0.2, 0.25) is 0 Å². The first-order chi connectivity index (χ1) is 16.3. The van der Waals surface area contributed by atoms with E-state index in [-0.39, 0.29) is 30.7 Å². The number of hydrogen-bond acceptors (Lipinski definition) is 3. The molecule has 0 unspecified atom stereocenters. The monoisotopic (exact) mass is 475 g/mol. The number of piperazine rings is 1. The van der Waals surface area contributed by atoms with E-state index in [1.54, 1.807) is 18.2 Å². The third kappa shape index (κ3) is 4.65. The van der Waals surface area contributed by atoms with Gasteiger partial charge in [0.15, 0.2) is 0 Å². The molecule has 0 radical (unpaired) electrons. The van der Waals surface area contributed by atoms with Crippen LogP contribution in [0.15, 0.2) is 42.5 Å². The molecule has 1 amide bonds. The van der Waals surface area contributed by atoms with Gasteiger partial charge in [-0.1, -0.05) is 25.0 Å². The van der Waals surface area contributed by atoms with E-state index < -0.39 is 17.7 Å². The Bertz CT molecular complexity index is 1030. The summed E-state index contributed by atoms with van der Waals surface area (Å²) in [6.07, 6.45) is 0.626. The van der Waals surface area contributed by atoms with E-state index in [4.69, 9.17) is 0 Å². The van der Waals surface area contributed by atoms with Gasteiger partial charge < -0.3 is 10.2 Å². The summed E-state index contributed by atoms with van der Waals surface area (Å²) < 4.78 is 53.3. The summed E-state index contributed by atoms with van der Waals surface area (Å²) in [7, 11) is 0. The lowest BCUT2D eigenvalue weighted by molar-refractivity contribution is -0.137. The minimum atomic E-state index is -4.42. The van der Waals surface area contributed by atoms with Crippen molar-refractivity contribution in [3.8, 4) is 0 Å². The molecule has 2 aromatic rings. The summed E-state index contributed by atoms with van der Waals surface area (Å²) in [5.41, 5.74) is 1.48. The number of halogens is 4. The van der Waals surface area contributed by atoms with Crippen molar-refractivity contribution < 1.29 is 22.4 Å². The molecule has 2 fully saturated rings. The van der Waals surface area contributed by atoms with Gasteiger partial charge in [-0.3, -0.25) is 9.69 Å². The summed E-state index contributed by atoms with van der Waals surface area (Å²) in [6.45, 7) is 2.54. The topological polar surface area (TPSA) is 35.6 Å². The van der Waals surface area contributed by atoms with Crippen molar-refractivity contribution in [1.82, 2.24) is 10.2 Å². The quantitative estimate of drug-likeness (QED) is 0.648. The number of carbonyl (C=O) groups is 1. The number of amides is 1. The van der Waals surface area contributed by atoms with E-state index >= 15 is 0 Å². The fourth-order valence-corrected chi connectivity index (χ4v) is 5.85. The molecule has 4 nitrogen and oxygen atoms in total. The highest BCUT2D eigenvalue weighted by Crippen LogP contribution is 2.40. The van der Waals surface area contributed by atoms with Crippen molar-refractivity contribution in [3.05, 3.63) is 65.0 Å². The Morgan fingerprint density at radius 2 is 1.76 bits per heavy atom. The van der Waals surface area contributed by atoms with Gasteiger partial charge in [-0.05, 0) is 60.7 Å². The number of alkyl halides is 3. The van der Waals surface area contributed by atoms with Gasteiger partial charge in [0.25, 0.3) is 0 Å². The van der Waals surface area contributed by atoms with Gasteiger partial charge >= 0.3 is 6.18 Å². The molecule has 34 heavy (non-hydrogen) atoms. The molecular formula is C26H29F4N3O. The van der Waals surface area contributed by atoms with Crippen LogP contribution in [0, 0.1) is 11.7 Å². The van der Waals surface area contributed by atoms with Crippen LogP contribution < -0.4 is 10.2 Å². The Hall–Kier alpha value is -2.61. The Labute approximate surface area is 196 Å². The van der Waals surface area contributed by atoms with Crippen LogP contribution in [-0.2, 0) is 23.9 Å². The van der Waals surface area contributed by atoms with E-state index in [0.717, 1.165) is 30.4 Å². The summed E-state index contributed by atoms with van der Waals surface area (Å²) >= 11 is 0. The van der Waals surface area contributed by atoms with Crippen LogP contribution in [0.4, 0.5) is 23.2 Å². The lowest BCUT2D eigenvalue weighted by atomic mass is 9.82. The number of fused-ring (bicyclic) bond motifs is 3. The Kier molecular flexibility index (Phi) is 6.27. The fraction of sp³-hybridized carbons (Fsp3) is 0.500. The number of carbonyl (C=O) groups excluding carboxylic acids is 1. The molecule has 0 spiro atoms. The molecule has 0 bridgehead atoms. The molecule has 2 heterocycles. The second-order valence-electron chi connectivity index (χ2n) is 9.69. The number of rotatable bonds is 4. The molecule has 1 saturated heterocycles. The molecule has 1 N–H and O–H groups in total. The highest BCUT2D eigenvalue weighted by molar-refractivity contribution is 5.82. The predicted molar refractivity (Wildman–Crippen MR) is 122 cm³/mol. The maximum atomic E-state index is 13.4. The van der Waals surface area contributed by atoms with Crippen LogP contribution >= 0.6 is 0 Å². The minimum Gasteiger partial charge on any atom is -0.365 e. The summed E-state index contributed by atoms with van der Waals surface area (Å²) in [4.78, 5) is 18.0. The SMILES string of the molecule is O=C(NCc1ccc(F)cc1)[C@H]1Cc2cc(C(F)(F)F)ccc2N2CCN(C3CCCC3)C[C@@H]12. The molecule has 182 valence electrons. The van der Waals surface area contributed by atoms with Gasteiger partial charge in [0, 0.05) is 37.9 Å². The first-order valence-electron chi connectivity index (χ1n) is 12.0. The zero-order valence-corrected chi connectivity index (χ0v) is 19.0. The van der Waals surface area contributed by atoms with Crippen molar-refractivity contribution in [3.63, 3.8) is 0 Å². The van der Waals surface area contributed by atoms with Crippen LogP contribution in [0.25, 0.3) is 0 Å². The zero-order chi connectivity index (χ0) is 23.9. The molecule has 3 aliphatic rings. The molecule has 0 aromatic heterocycles. The van der Waals surface area contributed by atoms with Crippen LogP contribution in [0.1, 0.15) is 42.4 Å². The number of hydrogen-bond donors (Lipinski definition) is 1. The first kappa shape index (κ1) is 23.1. The Morgan fingerprint density at radius 1 is 1.03 bits per heavy atom. The van der Waals surface area contributed by atoms with E-state index in [0.29, 0.717) is 18.2 Å². The van der Waals surface area contributed by atoms with Crippen molar-refractivity contribution in [2.24, 2.45) is 5.92 Å². The third-order valence-electron chi connectivity index (χ3n) is 7.63. The number of benzene rings is 2. The number of anilines is 1. The lowest BCUT2D eigenvalue weighted by Gasteiger charge is -2.50. The van der Waals surface area contributed by atoms with Crippen molar-refractivity contribution in [2.75, 3.05) is 24.5 Å². The maximum Gasteiger partial charge on any atom is 0.416 e. The lowest BCUT2D eigenvalue weighted by Crippen LogP contribution is -2.62. The third-order valence-corrected chi connectivity index (χ3v) is 7.63. The highest BCUT2D eigenvalue weighted by Gasteiger charge is 2.43. The molecule has 2 aliphatic heterocycles. The second-order valence-corrected chi connectivity index (χ2v) is 9.69. The van der Waals surface area contributed by atoms with E-state index in [9.17, 15) is 22.4 Å². The van der Waals surface area contributed by atoms with Gasteiger partial charge in [-0.2, -0.15) is 13.2 Å². The fourth-order valence-electron chi connectivity index (χ4n) is 5.85. The Balaban J connectivity index is 1.40. The molecule has 8 heteroatoms. The predicted octanol–water partition coefficient (Wildman–Crippen LogP) is 4.77. The highest BCUT2D eigenvalue weighted by atomic mass is 19.4. The van der Waals surface area contributed by atoms with Gasteiger partial charge in [-0.25, -0.2) is 4.39 Å². The first-order valence-corrected chi connectivity index (χ1v) is 12.0. The number of nitrogens with zero attached hydrogens (tertiary/aromatic N) is 2. The summed E-state index contributed by atoms with van der Waals surface area (Å²) in [5.74, 6) is -0.972. The molecule has 1 aliphatic carbocycles. The van der Waals surface area contributed by atoms with Crippen molar-refractivity contribution >= 4 is 11.6 Å². The van der Waals surface area contributed by atoms with E-state index in [2.05, 4.69) is 15.1 Å². The van der Waals surface area contributed by atoms with Gasteiger partial charge in [0.05, 0.1) is 17.5 Å². The van der Waals surface area contributed by atoms with Gasteiger partial charge in [0.2, 0.25) is 5.91 Å². The number of nitrogens with one attached hydrogen (secondary N) is 1. The molecule has 5 rings (SSSR count). The minimum absolute atomic E-state index is 0.0909. The van der Waals surface area contributed by atoms with Crippen LogP contribution in [0.5, 0.6) is 0 Å². The average molecular weight is 476 g/mol. The summed E-state index contributed by atoms with van der Waals surface area (Å²) in [6, 6.07) is 10.3. The summed E-state index contributed by atoms with van der Waals surface area (Å²) in [5, 5.41) is 2.95. The Morgan fingerprint density at radius 3 is 2.47 bits per heavy atom. The second kappa shape index (κ2) is 9.21. The molecule has 2 aromatic carbocycles. The van der Waals surface area contributed by atoms with E-state index in [1.165, 1.54) is 43.9 Å². The average Bonchev–Trinajstić information content (AvgIpc) is 3.37.